The van der Waals surface area contributed by atoms with Crippen molar-refractivity contribution in [2.24, 2.45) is 11.3 Å². The smallest absolute Gasteiger partial charge is 0.0704 e. The summed E-state index contributed by atoms with van der Waals surface area (Å²) in [5, 5.41) is 3.39. The topological polar surface area (TPSA) is 39.7 Å². The van der Waals surface area contributed by atoms with Crippen LogP contribution in [0, 0.1) is 11.3 Å². The Morgan fingerprint density at radius 2 is 1.62 bits per heavy atom. The summed E-state index contributed by atoms with van der Waals surface area (Å²) in [6, 6.07) is 0. The molecule has 0 bridgehead atoms. The fraction of sp³-hybridized carbons (Fsp3) is 1.00. The second-order valence-corrected chi connectivity index (χ2v) is 7.67. The van der Waals surface area contributed by atoms with Gasteiger partial charge in [0, 0.05) is 6.54 Å². The van der Waals surface area contributed by atoms with Crippen LogP contribution in [0.4, 0.5) is 0 Å². The molecule has 0 atom stereocenters. The molecule has 1 saturated carbocycles. The number of ether oxygens (including phenoxy) is 3. The maximum absolute atomic E-state index is 5.79. The Morgan fingerprint density at radius 3 is 2.19 bits per heavy atom. The number of hydrogen-bond acceptors (Lipinski definition) is 4. The first-order valence-corrected chi connectivity index (χ1v) is 8.38. The first-order chi connectivity index (χ1) is 9.87. The lowest BCUT2D eigenvalue weighted by molar-refractivity contribution is -0.110. The third kappa shape index (κ3) is 10.2. The van der Waals surface area contributed by atoms with Gasteiger partial charge in [-0.25, -0.2) is 0 Å². The second kappa shape index (κ2) is 9.78. The molecule has 1 N–H and O–H groups in total. The van der Waals surface area contributed by atoms with Gasteiger partial charge in [-0.1, -0.05) is 34.6 Å². The van der Waals surface area contributed by atoms with Crippen LogP contribution < -0.4 is 5.32 Å². The molecular weight excluding hydrogens is 266 g/mol. The van der Waals surface area contributed by atoms with Gasteiger partial charge < -0.3 is 19.5 Å². The third-order valence-corrected chi connectivity index (χ3v) is 3.35. The number of nitrogens with one attached hydrogen (secondary N) is 1. The van der Waals surface area contributed by atoms with E-state index in [4.69, 9.17) is 14.2 Å². The van der Waals surface area contributed by atoms with Gasteiger partial charge in [-0.15, -0.1) is 0 Å². The largest absolute Gasteiger partial charge is 0.379 e. The van der Waals surface area contributed by atoms with E-state index in [2.05, 4.69) is 39.9 Å². The minimum absolute atomic E-state index is 0.235. The van der Waals surface area contributed by atoms with Gasteiger partial charge in [0.15, 0.2) is 0 Å². The normalized spacial score (nSPS) is 22.6. The molecule has 0 saturated heterocycles. The Balaban J connectivity index is 1.83. The zero-order valence-electron chi connectivity index (χ0n) is 14.6. The van der Waals surface area contributed by atoms with Crippen molar-refractivity contribution in [3.05, 3.63) is 0 Å². The average molecular weight is 301 g/mol. The van der Waals surface area contributed by atoms with Crippen LogP contribution in [0.1, 0.15) is 47.5 Å². The minimum Gasteiger partial charge on any atom is -0.379 e. The average Bonchev–Trinajstić information content (AvgIpc) is 2.31. The molecule has 0 aliphatic heterocycles. The molecule has 4 heteroatoms. The van der Waals surface area contributed by atoms with E-state index in [1.165, 1.54) is 0 Å². The lowest BCUT2D eigenvalue weighted by atomic mass is 9.92. The highest BCUT2D eigenvalue weighted by Crippen LogP contribution is 2.26. The third-order valence-electron chi connectivity index (χ3n) is 3.35. The summed E-state index contributed by atoms with van der Waals surface area (Å²) in [5.41, 5.74) is 0.235. The van der Waals surface area contributed by atoms with Crippen LogP contribution in [0.3, 0.4) is 0 Å². The fourth-order valence-corrected chi connectivity index (χ4v) is 2.13. The number of rotatable bonds is 11. The monoisotopic (exact) mass is 301 g/mol. The van der Waals surface area contributed by atoms with Crippen molar-refractivity contribution >= 4 is 0 Å². The lowest BCUT2D eigenvalue weighted by Gasteiger charge is -2.35. The zero-order chi connectivity index (χ0) is 15.7. The molecule has 0 amide bonds. The van der Waals surface area contributed by atoms with Crippen LogP contribution in [0.15, 0.2) is 0 Å². The van der Waals surface area contributed by atoms with Crippen LogP contribution in [0.2, 0.25) is 0 Å². The predicted molar refractivity (Wildman–Crippen MR) is 86.7 cm³/mol. The second-order valence-electron chi connectivity index (χ2n) is 7.67. The van der Waals surface area contributed by atoms with E-state index < -0.39 is 0 Å². The molecule has 21 heavy (non-hydrogen) atoms. The molecule has 1 aliphatic rings. The van der Waals surface area contributed by atoms with E-state index in [0.717, 1.165) is 39.1 Å². The highest BCUT2D eigenvalue weighted by atomic mass is 16.5. The molecule has 0 aromatic rings. The van der Waals surface area contributed by atoms with Crippen LogP contribution in [0.25, 0.3) is 0 Å². The molecule has 0 heterocycles. The van der Waals surface area contributed by atoms with Gasteiger partial charge in [-0.2, -0.15) is 0 Å². The summed E-state index contributed by atoms with van der Waals surface area (Å²) in [6.45, 7) is 16.0. The van der Waals surface area contributed by atoms with Crippen molar-refractivity contribution < 1.29 is 14.2 Å². The molecule has 0 spiro atoms. The molecule has 4 nitrogen and oxygen atoms in total. The van der Waals surface area contributed by atoms with Crippen molar-refractivity contribution in [1.29, 1.82) is 0 Å². The Morgan fingerprint density at radius 1 is 1.00 bits per heavy atom. The highest BCUT2D eigenvalue weighted by molar-refractivity contribution is 4.81. The van der Waals surface area contributed by atoms with Crippen LogP contribution in [-0.2, 0) is 14.2 Å². The lowest BCUT2D eigenvalue weighted by Crippen LogP contribution is -2.39. The molecule has 1 aliphatic carbocycles. The summed E-state index contributed by atoms with van der Waals surface area (Å²) < 4.78 is 17.1. The first-order valence-electron chi connectivity index (χ1n) is 8.38. The van der Waals surface area contributed by atoms with Crippen LogP contribution in [-0.4, -0.2) is 51.7 Å². The highest BCUT2D eigenvalue weighted by Gasteiger charge is 2.30. The summed E-state index contributed by atoms with van der Waals surface area (Å²) in [4.78, 5) is 0. The molecule has 0 radical (unpaired) electrons. The van der Waals surface area contributed by atoms with E-state index >= 15 is 0 Å². The van der Waals surface area contributed by atoms with E-state index in [1.54, 1.807) is 0 Å². The summed E-state index contributed by atoms with van der Waals surface area (Å²) in [6.07, 6.45) is 2.83. The molecule has 1 rings (SSSR count). The molecule has 1 fully saturated rings. The Kier molecular flexibility index (Phi) is 8.79. The van der Waals surface area contributed by atoms with Gasteiger partial charge in [-0.05, 0) is 30.7 Å². The Labute approximate surface area is 130 Å². The molecule has 0 aromatic carbocycles. The Hall–Kier alpha value is -0.160. The van der Waals surface area contributed by atoms with E-state index in [1.807, 2.05) is 0 Å². The van der Waals surface area contributed by atoms with E-state index in [9.17, 15) is 0 Å². The van der Waals surface area contributed by atoms with Crippen LogP contribution in [0.5, 0.6) is 0 Å². The van der Waals surface area contributed by atoms with Gasteiger partial charge in [0.05, 0.1) is 38.6 Å². The molecular formula is C17H35NO3. The first kappa shape index (κ1) is 18.9. The number of hydrogen-bond donors (Lipinski definition) is 1. The summed E-state index contributed by atoms with van der Waals surface area (Å²) in [7, 11) is 0. The zero-order valence-corrected chi connectivity index (χ0v) is 14.6. The van der Waals surface area contributed by atoms with Gasteiger partial charge in [0.2, 0.25) is 0 Å². The standard InChI is InChI=1S/C17H35NO3/c1-14(2)12-18-6-7-20-15-10-16(11-15)21-9-8-19-13-17(3,4)5/h14-16,18H,6-13H2,1-5H3. The van der Waals surface area contributed by atoms with Crippen molar-refractivity contribution in [1.82, 2.24) is 5.32 Å². The SMILES string of the molecule is CC(C)CNCCOC1CC(OCCOCC(C)(C)C)C1. The van der Waals surface area contributed by atoms with Gasteiger partial charge >= 0.3 is 0 Å². The van der Waals surface area contributed by atoms with Gasteiger partial charge in [0.1, 0.15) is 0 Å². The minimum atomic E-state index is 0.235. The van der Waals surface area contributed by atoms with E-state index in [0.29, 0.717) is 31.3 Å². The predicted octanol–water partition coefficient (Wildman–Crippen LogP) is 2.86. The van der Waals surface area contributed by atoms with Gasteiger partial charge in [0.25, 0.3) is 0 Å². The van der Waals surface area contributed by atoms with Crippen molar-refractivity contribution in [2.75, 3.05) is 39.5 Å². The molecule has 0 aromatic heterocycles. The molecule has 126 valence electrons. The summed E-state index contributed by atoms with van der Waals surface area (Å²) >= 11 is 0. The van der Waals surface area contributed by atoms with Crippen LogP contribution >= 0.6 is 0 Å². The van der Waals surface area contributed by atoms with Crippen molar-refractivity contribution in [3.63, 3.8) is 0 Å². The van der Waals surface area contributed by atoms with Gasteiger partial charge in [-0.3, -0.25) is 0 Å². The van der Waals surface area contributed by atoms with Crippen molar-refractivity contribution in [3.8, 4) is 0 Å². The summed E-state index contributed by atoms with van der Waals surface area (Å²) in [5.74, 6) is 0.701. The van der Waals surface area contributed by atoms with Crippen molar-refractivity contribution in [2.45, 2.75) is 59.7 Å². The van der Waals surface area contributed by atoms with E-state index in [-0.39, 0.29) is 5.41 Å². The maximum Gasteiger partial charge on any atom is 0.0704 e. The fourth-order valence-electron chi connectivity index (χ4n) is 2.13. The quantitative estimate of drug-likeness (QED) is 0.596. The molecule has 0 unspecified atom stereocenters. The maximum atomic E-state index is 5.79. The Bertz CT molecular complexity index is 257.